The van der Waals surface area contributed by atoms with E-state index in [-0.39, 0.29) is 24.4 Å². The Hall–Kier alpha value is -2.90. The molecule has 2 aliphatic heterocycles. The number of nitrogens with one attached hydrogen (secondary N) is 1. The van der Waals surface area contributed by atoms with E-state index >= 15 is 0 Å². The Morgan fingerprint density at radius 2 is 1.91 bits per heavy atom. The number of fused-ring (bicyclic) bond motifs is 1. The molecule has 2 aliphatic rings. The van der Waals surface area contributed by atoms with E-state index < -0.39 is 0 Å². The number of rotatable bonds is 7. The van der Waals surface area contributed by atoms with E-state index in [1.807, 2.05) is 0 Å². The Morgan fingerprint density at radius 1 is 1.19 bits per heavy atom. The second kappa shape index (κ2) is 9.71. The molecule has 0 unspecified atom stereocenters. The summed E-state index contributed by atoms with van der Waals surface area (Å²) in [5.74, 6) is 0.930. The average Bonchev–Trinajstić information content (AvgIpc) is 3.24. The zero-order valence-corrected chi connectivity index (χ0v) is 19.3. The minimum absolute atomic E-state index is 0.0443. The number of aromatic nitrogens is 3. The molecule has 0 aliphatic carbocycles. The largest absolute Gasteiger partial charge is 0.372 e. The predicted molar refractivity (Wildman–Crippen MR) is 123 cm³/mol. The van der Waals surface area contributed by atoms with E-state index in [0.717, 1.165) is 30.3 Å². The van der Waals surface area contributed by atoms with E-state index in [9.17, 15) is 9.59 Å². The molecule has 1 aromatic heterocycles. The quantitative estimate of drug-likeness (QED) is 0.719. The highest BCUT2D eigenvalue weighted by Crippen LogP contribution is 2.26. The third-order valence-electron chi connectivity index (χ3n) is 6.50. The van der Waals surface area contributed by atoms with Crippen molar-refractivity contribution >= 4 is 17.5 Å². The summed E-state index contributed by atoms with van der Waals surface area (Å²) in [6, 6.07) is 8.02. The van der Waals surface area contributed by atoms with Crippen molar-refractivity contribution in [3.63, 3.8) is 0 Å². The van der Waals surface area contributed by atoms with Crippen LogP contribution in [0.3, 0.4) is 0 Å². The van der Waals surface area contributed by atoms with Crippen LogP contribution in [0.15, 0.2) is 30.5 Å². The van der Waals surface area contributed by atoms with Gasteiger partial charge in [0.2, 0.25) is 11.8 Å². The second-order valence-corrected chi connectivity index (χ2v) is 9.62. The maximum Gasteiger partial charge on any atom is 0.248 e. The van der Waals surface area contributed by atoms with Crippen molar-refractivity contribution in [2.24, 2.45) is 11.8 Å². The van der Waals surface area contributed by atoms with E-state index in [4.69, 9.17) is 0 Å². The number of hydrogen-bond acceptors (Lipinski definition) is 5. The van der Waals surface area contributed by atoms with Crippen LogP contribution in [-0.4, -0.2) is 51.3 Å². The van der Waals surface area contributed by atoms with Gasteiger partial charge >= 0.3 is 0 Å². The summed E-state index contributed by atoms with van der Waals surface area (Å²) in [6.45, 7) is 9.53. The fourth-order valence-electron chi connectivity index (χ4n) is 4.53. The molecule has 1 N–H and O–H groups in total. The summed E-state index contributed by atoms with van der Waals surface area (Å²) >= 11 is 0. The van der Waals surface area contributed by atoms with Crippen LogP contribution in [0.1, 0.15) is 57.3 Å². The highest BCUT2D eigenvalue weighted by molar-refractivity contribution is 5.87. The van der Waals surface area contributed by atoms with Crippen molar-refractivity contribution in [3.8, 4) is 0 Å². The Morgan fingerprint density at radius 3 is 2.59 bits per heavy atom. The minimum atomic E-state index is -0.389. The highest BCUT2D eigenvalue weighted by atomic mass is 16.2. The minimum Gasteiger partial charge on any atom is -0.372 e. The number of nitrogens with zero attached hydrogens (tertiary/aromatic N) is 5. The zero-order chi connectivity index (χ0) is 22.7. The van der Waals surface area contributed by atoms with Gasteiger partial charge in [-0.1, -0.05) is 38.1 Å². The molecule has 8 heteroatoms. The summed E-state index contributed by atoms with van der Waals surface area (Å²) in [7, 11) is 0. The van der Waals surface area contributed by atoms with Gasteiger partial charge in [-0.15, -0.1) is 5.10 Å². The molecular weight excluding hydrogens is 404 g/mol. The molecule has 1 fully saturated rings. The first-order valence-electron chi connectivity index (χ1n) is 11.7. The summed E-state index contributed by atoms with van der Waals surface area (Å²) < 4.78 is 1.71. The fourth-order valence-corrected chi connectivity index (χ4v) is 4.53. The molecule has 8 nitrogen and oxygen atoms in total. The van der Waals surface area contributed by atoms with Crippen LogP contribution >= 0.6 is 0 Å². The fraction of sp³-hybridized carbons (Fsp3) is 0.583. The van der Waals surface area contributed by atoms with Gasteiger partial charge < -0.3 is 15.1 Å². The first-order chi connectivity index (χ1) is 15.4. The highest BCUT2D eigenvalue weighted by Gasteiger charge is 2.35. The summed E-state index contributed by atoms with van der Waals surface area (Å²) in [6.07, 6.45) is 4.83. The first kappa shape index (κ1) is 22.3. The van der Waals surface area contributed by atoms with Crippen LogP contribution in [0.4, 0.5) is 5.69 Å². The number of anilines is 1. The molecule has 4 rings (SSSR count). The summed E-state index contributed by atoms with van der Waals surface area (Å²) in [5.41, 5.74) is 3.16. The number of carbonyl (C=O) groups excluding carboxylic acids is 2. The van der Waals surface area contributed by atoms with Gasteiger partial charge in [0.15, 0.2) is 0 Å². The molecule has 0 spiro atoms. The first-order valence-corrected chi connectivity index (χ1v) is 11.7. The summed E-state index contributed by atoms with van der Waals surface area (Å²) in [5, 5.41) is 11.0. The van der Waals surface area contributed by atoms with E-state index in [2.05, 4.69) is 65.6 Å². The molecule has 2 amide bonds. The molecule has 1 atom stereocenters. The van der Waals surface area contributed by atoms with Gasteiger partial charge in [-0.05, 0) is 48.8 Å². The molecule has 172 valence electrons. The number of amides is 2. The number of hydrogen-bond donors (Lipinski definition) is 1. The lowest BCUT2D eigenvalue weighted by atomic mass is 9.99. The molecule has 1 aromatic carbocycles. The van der Waals surface area contributed by atoms with Gasteiger partial charge in [-0.2, -0.15) is 0 Å². The van der Waals surface area contributed by atoms with Crippen molar-refractivity contribution < 1.29 is 9.59 Å². The standard InChI is InChI=1S/C24H34N6O2/c1-17(2)12-22-24(32)29(15-21-14-26-27-30(21)22)16-23(31)25-13-19-4-6-20(7-5-19)28-10-8-18(3)9-11-28/h4-7,14,17-18,22H,8-13,15-16H2,1-3H3,(H,25,31)/t22-/m0/s1. The van der Waals surface area contributed by atoms with Crippen molar-refractivity contribution in [1.82, 2.24) is 25.2 Å². The predicted octanol–water partition coefficient (Wildman–Crippen LogP) is 2.76. The maximum absolute atomic E-state index is 13.0. The lowest BCUT2D eigenvalue weighted by molar-refractivity contribution is -0.142. The molecule has 1 saturated heterocycles. The molecule has 0 bridgehead atoms. The Bertz CT molecular complexity index is 930. The third-order valence-corrected chi connectivity index (χ3v) is 6.50. The van der Waals surface area contributed by atoms with E-state index in [1.165, 1.54) is 18.5 Å². The number of piperidine rings is 1. The monoisotopic (exact) mass is 438 g/mol. The van der Waals surface area contributed by atoms with Crippen LogP contribution < -0.4 is 10.2 Å². The van der Waals surface area contributed by atoms with E-state index in [1.54, 1.807) is 15.8 Å². The molecule has 0 saturated carbocycles. The van der Waals surface area contributed by atoms with Crippen molar-refractivity contribution in [2.75, 3.05) is 24.5 Å². The van der Waals surface area contributed by atoms with Crippen LogP contribution in [0.25, 0.3) is 0 Å². The molecular formula is C24H34N6O2. The van der Waals surface area contributed by atoms with Crippen LogP contribution in [0, 0.1) is 11.8 Å². The lowest BCUT2D eigenvalue weighted by Gasteiger charge is -2.33. The van der Waals surface area contributed by atoms with Crippen LogP contribution in [0.2, 0.25) is 0 Å². The Labute approximate surface area is 190 Å². The topological polar surface area (TPSA) is 83.4 Å². The summed E-state index contributed by atoms with van der Waals surface area (Å²) in [4.78, 5) is 29.6. The molecule has 3 heterocycles. The second-order valence-electron chi connectivity index (χ2n) is 9.62. The SMILES string of the molecule is CC(C)C[C@H]1C(=O)N(CC(=O)NCc2ccc(N3CCC(C)CC3)cc2)Cc2cnnn21. The lowest BCUT2D eigenvalue weighted by Crippen LogP contribution is -2.47. The normalized spacial score (nSPS) is 19.4. The Balaban J connectivity index is 1.31. The van der Waals surface area contributed by atoms with Crippen molar-refractivity contribution in [3.05, 3.63) is 41.7 Å². The van der Waals surface area contributed by atoms with Crippen LogP contribution in [0.5, 0.6) is 0 Å². The van der Waals surface area contributed by atoms with Crippen LogP contribution in [-0.2, 0) is 22.7 Å². The zero-order valence-electron chi connectivity index (χ0n) is 19.3. The van der Waals surface area contributed by atoms with Gasteiger partial charge in [0.1, 0.15) is 12.6 Å². The molecule has 0 radical (unpaired) electrons. The third kappa shape index (κ3) is 5.11. The van der Waals surface area contributed by atoms with Crippen molar-refractivity contribution in [1.29, 1.82) is 0 Å². The number of carbonyl (C=O) groups is 2. The average molecular weight is 439 g/mol. The smallest absolute Gasteiger partial charge is 0.248 e. The number of benzene rings is 1. The van der Waals surface area contributed by atoms with Gasteiger partial charge in [-0.3, -0.25) is 9.59 Å². The van der Waals surface area contributed by atoms with E-state index in [0.29, 0.717) is 25.4 Å². The van der Waals surface area contributed by atoms with Gasteiger partial charge in [-0.25, -0.2) is 4.68 Å². The maximum atomic E-state index is 13.0. The Kier molecular flexibility index (Phi) is 6.77. The van der Waals surface area contributed by atoms with Gasteiger partial charge in [0.25, 0.3) is 0 Å². The molecule has 32 heavy (non-hydrogen) atoms. The van der Waals surface area contributed by atoms with Crippen molar-refractivity contribution in [2.45, 2.75) is 59.2 Å². The van der Waals surface area contributed by atoms with Gasteiger partial charge in [0, 0.05) is 25.3 Å². The van der Waals surface area contributed by atoms with Gasteiger partial charge in [0.05, 0.1) is 18.4 Å². The molecule has 2 aromatic rings.